The van der Waals surface area contributed by atoms with Gasteiger partial charge in [-0.25, -0.2) is 0 Å². The van der Waals surface area contributed by atoms with Crippen LogP contribution in [0.4, 0.5) is 0 Å². The Bertz CT molecular complexity index is 672. The van der Waals surface area contributed by atoms with Gasteiger partial charge in [-0.1, -0.05) is 30.3 Å². The fourth-order valence-corrected chi connectivity index (χ4v) is 1.73. The highest BCUT2D eigenvalue weighted by atomic mass is 16.1. The largest absolute Gasteiger partial charge is 0.359 e. The van der Waals surface area contributed by atoms with Gasteiger partial charge >= 0.3 is 0 Å². The number of nitrogens with zero attached hydrogens (tertiary/aromatic N) is 4. The van der Waals surface area contributed by atoms with Gasteiger partial charge in [0.15, 0.2) is 0 Å². The van der Waals surface area contributed by atoms with Crippen molar-refractivity contribution in [1.82, 2.24) is 25.2 Å². The van der Waals surface area contributed by atoms with E-state index < -0.39 is 0 Å². The second-order valence-corrected chi connectivity index (χ2v) is 4.02. The van der Waals surface area contributed by atoms with Crippen LogP contribution in [0.25, 0.3) is 11.4 Å². The van der Waals surface area contributed by atoms with E-state index in [0.29, 0.717) is 11.5 Å². The molecule has 94 valence electrons. The standard InChI is InChI=1S/C13H11N5O/c19-12(11-7-4-8-14-11)9-18-16-13(15-17-18)10-5-2-1-3-6-10/h1-8,14H,9H2. The van der Waals surface area contributed by atoms with Gasteiger partial charge in [0.25, 0.3) is 0 Å². The van der Waals surface area contributed by atoms with Gasteiger partial charge in [0, 0.05) is 11.8 Å². The Balaban J connectivity index is 1.77. The number of hydrogen-bond acceptors (Lipinski definition) is 4. The molecule has 0 atom stereocenters. The second-order valence-electron chi connectivity index (χ2n) is 4.02. The Kier molecular flexibility index (Phi) is 2.89. The van der Waals surface area contributed by atoms with Crippen molar-refractivity contribution >= 4 is 5.78 Å². The quantitative estimate of drug-likeness (QED) is 0.716. The Labute approximate surface area is 109 Å². The first-order valence-corrected chi connectivity index (χ1v) is 5.83. The predicted octanol–water partition coefficient (Wildman–Crippen LogP) is 1.55. The molecule has 0 bridgehead atoms. The van der Waals surface area contributed by atoms with E-state index in [4.69, 9.17) is 0 Å². The Hall–Kier alpha value is -2.76. The number of tetrazole rings is 1. The maximum atomic E-state index is 11.9. The van der Waals surface area contributed by atoms with E-state index in [9.17, 15) is 4.79 Å². The Morgan fingerprint density at radius 2 is 2.00 bits per heavy atom. The monoisotopic (exact) mass is 253 g/mol. The van der Waals surface area contributed by atoms with Gasteiger partial charge in [0.2, 0.25) is 11.6 Å². The number of rotatable bonds is 4. The summed E-state index contributed by atoms with van der Waals surface area (Å²) in [6.07, 6.45) is 1.71. The highest BCUT2D eigenvalue weighted by Crippen LogP contribution is 2.11. The van der Waals surface area contributed by atoms with E-state index in [-0.39, 0.29) is 12.3 Å². The summed E-state index contributed by atoms with van der Waals surface area (Å²) in [4.78, 5) is 16.0. The summed E-state index contributed by atoms with van der Waals surface area (Å²) < 4.78 is 0. The van der Waals surface area contributed by atoms with E-state index in [0.717, 1.165) is 5.56 Å². The average molecular weight is 253 g/mol. The fraction of sp³-hybridized carbons (Fsp3) is 0.0769. The highest BCUT2D eigenvalue weighted by molar-refractivity contribution is 5.93. The topological polar surface area (TPSA) is 76.5 Å². The van der Waals surface area contributed by atoms with E-state index in [1.807, 2.05) is 30.3 Å². The maximum absolute atomic E-state index is 11.9. The molecule has 1 N–H and O–H groups in total. The van der Waals surface area contributed by atoms with Crippen LogP contribution >= 0.6 is 0 Å². The summed E-state index contributed by atoms with van der Waals surface area (Å²) in [5, 5.41) is 12.0. The molecule has 0 saturated carbocycles. The van der Waals surface area contributed by atoms with Crippen LogP contribution in [-0.2, 0) is 6.54 Å². The molecule has 0 aliphatic rings. The van der Waals surface area contributed by atoms with Crippen molar-refractivity contribution in [3.63, 3.8) is 0 Å². The van der Waals surface area contributed by atoms with Gasteiger partial charge in [0.1, 0.15) is 6.54 Å². The van der Waals surface area contributed by atoms with Crippen molar-refractivity contribution in [1.29, 1.82) is 0 Å². The first-order valence-electron chi connectivity index (χ1n) is 5.83. The lowest BCUT2D eigenvalue weighted by molar-refractivity contribution is 0.0957. The third-order valence-electron chi connectivity index (χ3n) is 2.67. The number of hydrogen-bond donors (Lipinski definition) is 1. The number of carbonyl (C=O) groups excluding carboxylic acids is 1. The molecule has 0 unspecified atom stereocenters. The molecule has 0 aliphatic carbocycles. The second kappa shape index (κ2) is 4.85. The van der Waals surface area contributed by atoms with Crippen molar-refractivity contribution in [2.45, 2.75) is 6.54 Å². The summed E-state index contributed by atoms with van der Waals surface area (Å²) in [6.45, 7) is 0.0698. The molecule has 0 saturated heterocycles. The first kappa shape index (κ1) is 11.3. The third-order valence-corrected chi connectivity index (χ3v) is 2.67. The zero-order chi connectivity index (χ0) is 13.1. The van der Waals surface area contributed by atoms with Crippen LogP contribution in [0.3, 0.4) is 0 Å². The lowest BCUT2D eigenvalue weighted by atomic mass is 10.2. The molecule has 6 nitrogen and oxygen atoms in total. The van der Waals surface area contributed by atoms with Crippen LogP contribution < -0.4 is 0 Å². The van der Waals surface area contributed by atoms with Gasteiger partial charge < -0.3 is 4.98 Å². The molecule has 0 fully saturated rings. The van der Waals surface area contributed by atoms with Crippen molar-refractivity contribution in [2.75, 3.05) is 0 Å². The van der Waals surface area contributed by atoms with Gasteiger partial charge in [-0.05, 0) is 17.3 Å². The van der Waals surface area contributed by atoms with Crippen LogP contribution in [0.15, 0.2) is 48.7 Å². The third kappa shape index (κ3) is 2.42. The smallest absolute Gasteiger partial charge is 0.204 e. The average Bonchev–Trinajstić information content (AvgIpc) is 3.11. The zero-order valence-corrected chi connectivity index (χ0v) is 10.0. The molecule has 0 aliphatic heterocycles. The summed E-state index contributed by atoms with van der Waals surface area (Å²) >= 11 is 0. The van der Waals surface area contributed by atoms with Gasteiger partial charge in [-0.2, -0.15) is 4.80 Å². The normalized spacial score (nSPS) is 10.5. The first-order chi connectivity index (χ1) is 9.33. The molecule has 1 aromatic carbocycles. The summed E-state index contributed by atoms with van der Waals surface area (Å²) in [5.41, 5.74) is 1.42. The van der Waals surface area contributed by atoms with Gasteiger partial charge in [-0.3, -0.25) is 4.79 Å². The Morgan fingerprint density at radius 3 is 2.74 bits per heavy atom. The van der Waals surface area contributed by atoms with Crippen molar-refractivity contribution < 1.29 is 4.79 Å². The van der Waals surface area contributed by atoms with E-state index in [1.54, 1.807) is 18.3 Å². The van der Waals surface area contributed by atoms with Crippen LogP contribution in [-0.4, -0.2) is 31.0 Å². The summed E-state index contributed by atoms with van der Waals surface area (Å²) in [5.74, 6) is 0.432. The number of ketones is 1. The van der Waals surface area contributed by atoms with E-state index in [2.05, 4.69) is 20.4 Å². The zero-order valence-electron chi connectivity index (χ0n) is 10.0. The fourth-order valence-electron chi connectivity index (χ4n) is 1.73. The van der Waals surface area contributed by atoms with Gasteiger partial charge in [0.05, 0.1) is 5.69 Å². The molecular formula is C13H11N5O. The van der Waals surface area contributed by atoms with Crippen LogP contribution in [0.1, 0.15) is 10.5 Å². The minimum Gasteiger partial charge on any atom is -0.359 e. The van der Waals surface area contributed by atoms with Crippen molar-refractivity contribution in [2.24, 2.45) is 0 Å². The molecule has 0 amide bonds. The van der Waals surface area contributed by atoms with Gasteiger partial charge in [-0.15, -0.1) is 10.2 Å². The predicted molar refractivity (Wildman–Crippen MR) is 68.4 cm³/mol. The molecule has 2 aromatic heterocycles. The van der Waals surface area contributed by atoms with Crippen LogP contribution in [0.5, 0.6) is 0 Å². The van der Waals surface area contributed by atoms with E-state index in [1.165, 1.54) is 4.80 Å². The minimum absolute atomic E-state index is 0.0698. The number of H-pyrrole nitrogens is 1. The molecule has 19 heavy (non-hydrogen) atoms. The maximum Gasteiger partial charge on any atom is 0.204 e. The van der Waals surface area contributed by atoms with Crippen LogP contribution in [0, 0.1) is 0 Å². The lowest BCUT2D eigenvalue weighted by Gasteiger charge is -1.96. The summed E-state index contributed by atoms with van der Waals surface area (Å²) in [6, 6.07) is 13.0. The number of Topliss-reactive ketones (excluding diaryl/α,β-unsaturated/α-hetero) is 1. The molecule has 3 rings (SSSR count). The minimum atomic E-state index is -0.0815. The number of aromatic nitrogens is 5. The molecular weight excluding hydrogens is 242 g/mol. The number of nitrogens with one attached hydrogen (secondary N) is 1. The Morgan fingerprint density at radius 1 is 1.16 bits per heavy atom. The SMILES string of the molecule is O=C(Cn1nnc(-c2ccccc2)n1)c1ccc[nH]1. The lowest BCUT2D eigenvalue weighted by Crippen LogP contribution is -2.13. The number of aromatic amines is 1. The van der Waals surface area contributed by atoms with E-state index >= 15 is 0 Å². The molecule has 0 radical (unpaired) electrons. The van der Waals surface area contributed by atoms with Crippen molar-refractivity contribution in [3.05, 3.63) is 54.4 Å². The molecule has 3 aromatic rings. The number of benzene rings is 1. The number of carbonyl (C=O) groups is 1. The molecule has 6 heteroatoms. The van der Waals surface area contributed by atoms with Crippen molar-refractivity contribution in [3.8, 4) is 11.4 Å². The summed E-state index contributed by atoms with van der Waals surface area (Å²) in [7, 11) is 0. The molecule has 0 spiro atoms. The molecule has 2 heterocycles. The highest BCUT2D eigenvalue weighted by Gasteiger charge is 2.11. The van der Waals surface area contributed by atoms with Crippen LogP contribution in [0.2, 0.25) is 0 Å².